The summed E-state index contributed by atoms with van der Waals surface area (Å²) in [6.07, 6.45) is 22.5. The summed E-state index contributed by atoms with van der Waals surface area (Å²) in [5.74, 6) is 0.846. The summed E-state index contributed by atoms with van der Waals surface area (Å²) in [5, 5.41) is 0. The van der Waals surface area contributed by atoms with E-state index in [0.29, 0.717) is 0 Å². The van der Waals surface area contributed by atoms with Crippen LogP contribution in [0.15, 0.2) is 0 Å². The molecule has 1 atom stereocenters. The maximum atomic E-state index is 2.51. The minimum absolute atomic E-state index is 0.846. The second-order valence-corrected chi connectivity index (χ2v) is 6.33. The van der Waals surface area contributed by atoms with Crippen LogP contribution in [-0.4, -0.2) is 0 Å². The molecule has 0 spiro atoms. The van der Waals surface area contributed by atoms with Gasteiger partial charge in [0.1, 0.15) is 0 Å². The van der Waals surface area contributed by atoms with Crippen LogP contribution >= 0.6 is 0 Å². The molecule has 115 valence electrons. The number of hydrogen-bond acceptors (Lipinski definition) is 0. The smallest absolute Gasteiger partial charge is 0.0358 e. The molecule has 0 heteroatoms. The highest BCUT2D eigenvalue weighted by Gasteiger charge is 2.01. The van der Waals surface area contributed by atoms with Crippen LogP contribution in [0.2, 0.25) is 0 Å². The third-order valence-electron chi connectivity index (χ3n) is 4.12. The monoisotopic (exact) mass is 267 g/mol. The topological polar surface area (TPSA) is 0 Å². The number of hydrogen-bond donors (Lipinski definition) is 0. The Kier molecular flexibility index (Phi) is 16.1. The van der Waals surface area contributed by atoms with Crippen molar-refractivity contribution >= 4 is 0 Å². The second kappa shape index (κ2) is 16.1. The molecular weight excluding hydrogens is 228 g/mol. The number of unbranched alkanes of at least 4 members (excludes halogenated alkanes) is 11. The molecule has 0 saturated heterocycles. The average molecular weight is 268 g/mol. The second-order valence-electron chi connectivity index (χ2n) is 6.33. The van der Waals surface area contributed by atoms with E-state index in [1.54, 1.807) is 0 Å². The predicted molar refractivity (Wildman–Crippen MR) is 89.5 cm³/mol. The van der Waals surface area contributed by atoms with Crippen LogP contribution in [0.4, 0.5) is 0 Å². The summed E-state index contributed by atoms with van der Waals surface area (Å²) in [7, 11) is 0. The fraction of sp³-hybridized carbons (Fsp3) is 0.947. The van der Waals surface area contributed by atoms with Crippen LogP contribution in [0.25, 0.3) is 0 Å². The molecule has 0 aliphatic rings. The highest BCUT2D eigenvalue weighted by molar-refractivity contribution is 4.71. The van der Waals surface area contributed by atoms with Gasteiger partial charge in [0.25, 0.3) is 0 Å². The maximum Gasteiger partial charge on any atom is -0.0358 e. The van der Waals surface area contributed by atoms with Crippen molar-refractivity contribution in [2.24, 2.45) is 5.92 Å². The molecule has 0 N–H and O–H groups in total. The summed E-state index contributed by atoms with van der Waals surface area (Å²) >= 11 is 0. The fourth-order valence-electron chi connectivity index (χ4n) is 2.70. The lowest BCUT2D eigenvalue weighted by atomic mass is 9.97. The maximum absolute atomic E-state index is 2.51. The molecule has 0 bridgehead atoms. The Morgan fingerprint density at radius 2 is 1.11 bits per heavy atom. The van der Waals surface area contributed by atoms with E-state index in [-0.39, 0.29) is 0 Å². The van der Waals surface area contributed by atoms with Crippen molar-refractivity contribution < 1.29 is 0 Å². The lowest BCUT2D eigenvalue weighted by Gasteiger charge is -2.09. The molecule has 0 aromatic carbocycles. The Labute approximate surface area is 123 Å². The van der Waals surface area contributed by atoms with E-state index in [1.165, 1.54) is 89.9 Å². The van der Waals surface area contributed by atoms with E-state index in [2.05, 4.69) is 27.2 Å². The summed E-state index contributed by atoms with van der Waals surface area (Å²) in [6.45, 7) is 6.94. The zero-order chi connectivity index (χ0) is 14.2. The lowest BCUT2D eigenvalue weighted by Crippen LogP contribution is -1.95. The van der Waals surface area contributed by atoms with Crippen molar-refractivity contribution in [3.63, 3.8) is 0 Å². The standard InChI is InChI=1S/C19H39/c1-4-6-8-9-10-11-12-13-14-15-16-18-19(3)17-7-5-2/h17,19H,4-16,18H2,1-3H3. The van der Waals surface area contributed by atoms with Gasteiger partial charge in [-0.3, -0.25) is 0 Å². The van der Waals surface area contributed by atoms with Gasteiger partial charge in [0.05, 0.1) is 0 Å². The SMILES string of the molecule is CCC[CH]C(C)CCCCCCCCCCCCC. The highest BCUT2D eigenvalue weighted by Crippen LogP contribution is 2.16. The molecule has 0 aliphatic heterocycles. The first kappa shape index (κ1) is 19.0. The molecule has 0 aromatic rings. The highest BCUT2D eigenvalue weighted by atomic mass is 14.1. The molecular formula is C19H39. The van der Waals surface area contributed by atoms with E-state index in [0.717, 1.165) is 5.92 Å². The molecule has 1 radical (unpaired) electrons. The third-order valence-corrected chi connectivity index (χ3v) is 4.12. The van der Waals surface area contributed by atoms with E-state index in [4.69, 9.17) is 0 Å². The van der Waals surface area contributed by atoms with Crippen LogP contribution in [-0.2, 0) is 0 Å². The summed E-state index contributed by atoms with van der Waals surface area (Å²) in [5.41, 5.74) is 0. The lowest BCUT2D eigenvalue weighted by molar-refractivity contribution is 0.504. The fourth-order valence-corrected chi connectivity index (χ4v) is 2.70. The normalized spacial score (nSPS) is 12.8. The molecule has 0 aliphatic carbocycles. The third kappa shape index (κ3) is 15.9. The molecule has 19 heavy (non-hydrogen) atoms. The Balaban J connectivity index is 3.02. The van der Waals surface area contributed by atoms with Gasteiger partial charge in [-0.15, -0.1) is 0 Å². The predicted octanol–water partition coefficient (Wildman–Crippen LogP) is 7.33. The van der Waals surface area contributed by atoms with Crippen molar-refractivity contribution in [3.05, 3.63) is 6.42 Å². The van der Waals surface area contributed by atoms with Crippen LogP contribution < -0.4 is 0 Å². The van der Waals surface area contributed by atoms with Crippen LogP contribution in [0.1, 0.15) is 111 Å². The molecule has 0 rings (SSSR count). The van der Waals surface area contributed by atoms with E-state index in [1.807, 2.05) is 0 Å². The van der Waals surface area contributed by atoms with Gasteiger partial charge in [0.2, 0.25) is 0 Å². The molecule has 0 fully saturated rings. The van der Waals surface area contributed by atoms with E-state index >= 15 is 0 Å². The van der Waals surface area contributed by atoms with Gasteiger partial charge in [0, 0.05) is 0 Å². The van der Waals surface area contributed by atoms with Crippen molar-refractivity contribution in [1.29, 1.82) is 0 Å². The first-order valence-corrected chi connectivity index (χ1v) is 9.14. The van der Waals surface area contributed by atoms with Crippen LogP contribution in [0.5, 0.6) is 0 Å². The molecule has 0 saturated carbocycles. The first-order valence-electron chi connectivity index (χ1n) is 9.14. The summed E-state index contributed by atoms with van der Waals surface area (Å²) in [6, 6.07) is 0. The zero-order valence-electron chi connectivity index (χ0n) is 14.1. The first-order chi connectivity index (χ1) is 9.31. The zero-order valence-corrected chi connectivity index (χ0v) is 14.1. The van der Waals surface area contributed by atoms with Crippen molar-refractivity contribution in [3.8, 4) is 0 Å². The van der Waals surface area contributed by atoms with Crippen molar-refractivity contribution in [2.75, 3.05) is 0 Å². The van der Waals surface area contributed by atoms with E-state index < -0.39 is 0 Å². The largest absolute Gasteiger partial charge is 0.0654 e. The van der Waals surface area contributed by atoms with Gasteiger partial charge in [-0.1, -0.05) is 111 Å². The van der Waals surface area contributed by atoms with Gasteiger partial charge >= 0.3 is 0 Å². The van der Waals surface area contributed by atoms with Crippen molar-refractivity contribution in [2.45, 2.75) is 111 Å². The summed E-state index contributed by atoms with van der Waals surface area (Å²) < 4.78 is 0. The minimum Gasteiger partial charge on any atom is -0.0654 e. The van der Waals surface area contributed by atoms with Crippen LogP contribution in [0, 0.1) is 12.3 Å². The Morgan fingerprint density at radius 3 is 1.58 bits per heavy atom. The Hall–Kier alpha value is 0. The van der Waals surface area contributed by atoms with Crippen molar-refractivity contribution in [1.82, 2.24) is 0 Å². The average Bonchev–Trinajstić information content (AvgIpc) is 2.42. The van der Waals surface area contributed by atoms with Gasteiger partial charge in [-0.2, -0.15) is 0 Å². The molecule has 1 unspecified atom stereocenters. The number of rotatable bonds is 15. The minimum atomic E-state index is 0.846. The van der Waals surface area contributed by atoms with Gasteiger partial charge in [0.15, 0.2) is 0 Å². The van der Waals surface area contributed by atoms with E-state index in [9.17, 15) is 0 Å². The molecule has 0 aromatic heterocycles. The quantitative estimate of drug-likeness (QED) is 0.272. The molecule has 0 nitrogen and oxygen atoms in total. The molecule has 0 amide bonds. The van der Waals surface area contributed by atoms with Gasteiger partial charge in [-0.25, -0.2) is 0 Å². The van der Waals surface area contributed by atoms with Crippen LogP contribution in [0.3, 0.4) is 0 Å². The Morgan fingerprint density at radius 1 is 0.632 bits per heavy atom. The van der Waals surface area contributed by atoms with Gasteiger partial charge < -0.3 is 0 Å². The van der Waals surface area contributed by atoms with Gasteiger partial charge in [-0.05, 0) is 12.3 Å². The Bertz CT molecular complexity index is 150. The summed E-state index contributed by atoms with van der Waals surface area (Å²) in [4.78, 5) is 0. The molecule has 0 heterocycles.